The predicted octanol–water partition coefficient (Wildman–Crippen LogP) is 3.09. The zero-order valence-corrected chi connectivity index (χ0v) is 17.1. The Balaban J connectivity index is 2.01. The van der Waals surface area contributed by atoms with Crippen LogP contribution in [0.1, 0.15) is 37.6 Å². The Bertz CT molecular complexity index is 977. The highest BCUT2D eigenvalue weighted by Crippen LogP contribution is 2.15. The smallest absolute Gasteiger partial charge is 0.338 e. The van der Waals surface area contributed by atoms with E-state index in [2.05, 4.69) is 10.0 Å². The number of anilines is 1. The number of sulfonamides is 1. The first kappa shape index (κ1) is 22.5. The second kappa shape index (κ2) is 9.62. The summed E-state index contributed by atoms with van der Waals surface area (Å²) in [6, 6.07) is 10.6. The number of ether oxygens (including phenoxy) is 1. The van der Waals surface area contributed by atoms with E-state index in [9.17, 15) is 22.4 Å². The number of hydrogen-bond donors (Lipinski definition) is 2. The molecule has 0 saturated heterocycles. The SMILES string of the molecule is CCC(C)NS(=O)(=O)c1ccc(C(=O)OC(C)C(=O)Nc2ccccc2F)cc1. The van der Waals surface area contributed by atoms with Gasteiger partial charge < -0.3 is 10.1 Å². The Morgan fingerprint density at radius 3 is 2.28 bits per heavy atom. The van der Waals surface area contributed by atoms with Gasteiger partial charge >= 0.3 is 5.97 Å². The highest BCUT2D eigenvalue weighted by atomic mass is 32.2. The minimum absolute atomic E-state index is 0.0136. The lowest BCUT2D eigenvalue weighted by Gasteiger charge is -2.14. The number of halogens is 1. The third-order valence-corrected chi connectivity index (χ3v) is 5.76. The second-order valence-corrected chi connectivity index (χ2v) is 8.19. The molecule has 2 aromatic carbocycles. The fourth-order valence-electron chi connectivity index (χ4n) is 2.27. The van der Waals surface area contributed by atoms with Crippen molar-refractivity contribution in [3.05, 3.63) is 59.9 Å². The molecule has 9 heteroatoms. The third kappa shape index (κ3) is 6.10. The second-order valence-electron chi connectivity index (χ2n) is 6.47. The van der Waals surface area contributed by atoms with Gasteiger partial charge in [-0.2, -0.15) is 0 Å². The number of hydrogen-bond acceptors (Lipinski definition) is 5. The number of nitrogens with one attached hydrogen (secondary N) is 2. The summed E-state index contributed by atoms with van der Waals surface area (Å²) in [7, 11) is -3.69. The number of amides is 1. The van der Waals surface area contributed by atoms with E-state index >= 15 is 0 Å². The van der Waals surface area contributed by atoms with E-state index in [4.69, 9.17) is 4.74 Å². The summed E-state index contributed by atoms with van der Waals surface area (Å²) in [5, 5.41) is 2.34. The molecule has 0 heterocycles. The van der Waals surface area contributed by atoms with Gasteiger partial charge in [0.25, 0.3) is 5.91 Å². The zero-order chi connectivity index (χ0) is 21.6. The summed E-state index contributed by atoms with van der Waals surface area (Å²) in [6.07, 6.45) is -0.547. The maximum absolute atomic E-state index is 13.6. The van der Waals surface area contributed by atoms with E-state index in [1.165, 1.54) is 49.4 Å². The number of carbonyl (C=O) groups excluding carboxylic acids is 2. The van der Waals surface area contributed by atoms with E-state index in [0.29, 0.717) is 6.42 Å². The first-order valence-electron chi connectivity index (χ1n) is 9.02. The van der Waals surface area contributed by atoms with Crippen LogP contribution in [-0.4, -0.2) is 32.4 Å². The Labute approximate surface area is 169 Å². The Morgan fingerprint density at radius 1 is 1.07 bits per heavy atom. The van der Waals surface area contributed by atoms with Crippen molar-refractivity contribution in [3.63, 3.8) is 0 Å². The maximum Gasteiger partial charge on any atom is 0.338 e. The van der Waals surface area contributed by atoms with Crippen molar-refractivity contribution >= 4 is 27.6 Å². The summed E-state index contributed by atoms with van der Waals surface area (Å²) in [5.74, 6) is -2.11. The molecule has 2 aromatic rings. The van der Waals surface area contributed by atoms with Crippen LogP contribution in [-0.2, 0) is 19.6 Å². The van der Waals surface area contributed by atoms with E-state index in [0.717, 1.165) is 0 Å². The van der Waals surface area contributed by atoms with Crippen LogP contribution in [0.25, 0.3) is 0 Å². The molecule has 0 saturated carbocycles. The number of carbonyl (C=O) groups is 2. The molecule has 0 fully saturated rings. The minimum Gasteiger partial charge on any atom is -0.449 e. The van der Waals surface area contributed by atoms with Gasteiger partial charge in [0, 0.05) is 6.04 Å². The van der Waals surface area contributed by atoms with Gasteiger partial charge in [-0.3, -0.25) is 4.79 Å². The van der Waals surface area contributed by atoms with Crippen molar-refractivity contribution in [2.45, 2.75) is 44.2 Å². The third-order valence-electron chi connectivity index (χ3n) is 4.15. The Kier molecular flexibility index (Phi) is 7.46. The predicted molar refractivity (Wildman–Crippen MR) is 106 cm³/mol. The fourth-order valence-corrected chi connectivity index (χ4v) is 3.59. The molecule has 0 aliphatic carbocycles. The quantitative estimate of drug-likeness (QED) is 0.637. The van der Waals surface area contributed by atoms with Gasteiger partial charge in [0.05, 0.1) is 16.1 Å². The van der Waals surface area contributed by atoms with E-state index < -0.39 is 33.8 Å². The Hall–Kier alpha value is -2.78. The lowest BCUT2D eigenvalue weighted by atomic mass is 10.2. The molecule has 2 unspecified atom stereocenters. The number of rotatable bonds is 8. The topological polar surface area (TPSA) is 102 Å². The maximum atomic E-state index is 13.6. The summed E-state index contributed by atoms with van der Waals surface area (Å²) < 4.78 is 45.7. The van der Waals surface area contributed by atoms with Crippen molar-refractivity contribution in [3.8, 4) is 0 Å². The highest BCUT2D eigenvalue weighted by Gasteiger charge is 2.21. The van der Waals surface area contributed by atoms with Crippen LogP contribution >= 0.6 is 0 Å². The summed E-state index contributed by atoms with van der Waals surface area (Å²) in [4.78, 5) is 24.3. The van der Waals surface area contributed by atoms with Gasteiger partial charge in [0.2, 0.25) is 10.0 Å². The largest absolute Gasteiger partial charge is 0.449 e. The fraction of sp³-hybridized carbons (Fsp3) is 0.300. The van der Waals surface area contributed by atoms with Gasteiger partial charge in [-0.25, -0.2) is 22.3 Å². The van der Waals surface area contributed by atoms with Crippen molar-refractivity contribution in [1.82, 2.24) is 4.72 Å². The molecule has 0 spiro atoms. The molecule has 2 atom stereocenters. The monoisotopic (exact) mass is 422 g/mol. The molecule has 7 nitrogen and oxygen atoms in total. The molecule has 0 bridgehead atoms. The van der Waals surface area contributed by atoms with Crippen molar-refractivity contribution in [2.24, 2.45) is 0 Å². The summed E-state index contributed by atoms with van der Waals surface area (Å²) in [5.41, 5.74) is 0.0572. The van der Waals surface area contributed by atoms with Crippen LogP contribution in [0, 0.1) is 5.82 Å². The number of esters is 1. The van der Waals surface area contributed by atoms with E-state index in [1.807, 2.05) is 6.92 Å². The van der Waals surface area contributed by atoms with Gasteiger partial charge in [-0.05, 0) is 56.7 Å². The molecule has 0 aliphatic heterocycles. The first-order chi connectivity index (χ1) is 13.6. The van der Waals surface area contributed by atoms with Crippen molar-refractivity contribution in [2.75, 3.05) is 5.32 Å². The molecular formula is C20H23FN2O5S. The molecule has 156 valence electrons. The Morgan fingerprint density at radius 2 is 1.69 bits per heavy atom. The van der Waals surface area contributed by atoms with Gasteiger partial charge in [-0.15, -0.1) is 0 Å². The highest BCUT2D eigenvalue weighted by molar-refractivity contribution is 7.89. The molecule has 1 amide bonds. The minimum atomic E-state index is -3.69. The molecule has 2 rings (SSSR count). The molecule has 29 heavy (non-hydrogen) atoms. The lowest BCUT2D eigenvalue weighted by Crippen LogP contribution is -2.32. The van der Waals surface area contributed by atoms with Crippen LogP contribution in [0.2, 0.25) is 0 Å². The zero-order valence-electron chi connectivity index (χ0n) is 16.3. The van der Waals surface area contributed by atoms with Gasteiger partial charge in [0.1, 0.15) is 5.82 Å². The van der Waals surface area contributed by atoms with Crippen LogP contribution < -0.4 is 10.0 Å². The van der Waals surface area contributed by atoms with E-state index in [1.54, 1.807) is 13.0 Å². The lowest BCUT2D eigenvalue weighted by molar-refractivity contribution is -0.123. The standard InChI is InChI=1S/C20H23FN2O5S/c1-4-13(2)23-29(26,27)16-11-9-15(10-12-16)20(25)28-14(3)19(24)22-18-8-6-5-7-17(18)21/h5-14,23H,4H2,1-3H3,(H,22,24). The summed E-state index contributed by atoms with van der Waals surface area (Å²) in [6.45, 7) is 4.95. The average molecular weight is 422 g/mol. The molecule has 0 aromatic heterocycles. The first-order valence-corrected chi connectivity index (χ1v) is 10.5. The van der Waals surface area contributed by atoms with Crippen molar-refractivity contribution < 1.29 is 27.1 Å². The molecule has 0 radical (unpaired) electrons. The van der Waals surface area contributed by atoms with Crippen LogP contribution in [0.4, 0.5) is 10.1 Å². The van der Waals surface area contributed by atoms with Gasteiger partial charge in [-0.1, -0.05) is 19.1 Å². The van der Waals surface area contributed by atoms with Crippen LogP contribution in [0.5, 0.6) is 0 Å². The molecule has 0 aliphatic rings. The van der Waals surface area contributed by atoms with E-state index in [-0.39, 0.29) is 22.2 Å². The number of benzene rings is 2. The van der Waals surface area contributed by atoms with Crippen LogP contribution in [0.3, 0.4) is 0 Å². The molecule has 2 N–H and O–H groups in total. The summed E-state index contributed by atoms with van der Waals surface area (Å²) >= 11 is 0. The number of para-hydroxylation sites is 1. The molecular weight excluding hydrogens is 399 g/mol. The normalized spacial score (nSPS) is 13.4. The van der Waals surface area contributed by atoms with Crippen molar-refractivity contribution in [1.29, 1.82) is 0 Å². The van der Waals surface area contributed by atoms with Crippen LogP contribution in [0.15, 0.2) is 53.4 Å². The average Bonchev–Trinajstić information content (AvgIpc) is 2.69. The van der Waals surface area contributed by atoms with Gasteiger partial charge in [0.15, 0.2) is 6.10 Å².